The summed E-state index contributed by atoms with van der Waals surface area (Å²) in [6.45, 7) is 8.84. The number of rotatable bonds is 7. The molecule has 5 nitrogen and oxygen atoms in total. The van der Waals surface area contributed by atoms with Gasteiger partial charge < -0.3 is 15.5 Å². The Morgan fingerprint density at radius 2 is 2.14 bits per heavy atom. The van der Waals surface area contributed by atoms with E-state index in [1.165, 1.54) is 0 Å². The number of anilines is 1. The number of guanidine groups is 1. The molecule has 21 heavy (non-hydrogen) atoms. The predicted molar refractivity (Wildman–Crippen MR) is 96.9 cm³/mol. The van der Waals surface area contributed by atoms with Crippen LogP contribution in [0.3, 0.4) is 0 Å². The van der Waals surface area contributed by atoms with Crippen LogP contribution in [0.15, 0.2) is 10.4 Å². The predicted octanol–water partition coefficient (Wildman–Crippen LogP) is 2.41. The lowest BCUT2D eigenvalue weighted by atomic mass is 10.2. The summed E-state index contributed by atoms with van der Waals surface area (Å²) in [6, 6.07) is 0. The van der Waals surface area contributed by atoms with Crippen molar-refractivity contribution in [3.63, 3.8) is 0 Å². The zero-order valence-electron chi connectivity index (χ0n) is 13.9. The summed E-state index contributed by atoms with van der Waals surface area (Å²) in [5.74, 6) is 0.846. The molecule has 0 bridgehead atoms. The SMILES string of the molecule is CCNC(=NCc1csc(N(C)C)n1)NCC(C)(C)SC. The Bertz CT molecular complexity index is 454. The molecule has 120 valence electrons. The first-order chi connectivity index (χ1) is 9.88. The standard InChI is InChI=1S/C14H27N5S2/c1-7-15-12(17-10-14(2,3)20-6)16-8-11-9-21-13(18-11)19(4)5/h9H,7-8,10H2,1-6H3,(H2,15,16,17). The maximum atomic E-state index is 4.60. The minimum atomic E-state index is 0.189. The van der Waals surface area contributed by atoms with Crippen LogP contribution in [0.25, 0.3) is 0 Å². The number of thioether (sulfide) groups is 1. The fraction of sp³-hybridized carbons (Fsp3) is 0.714. The van der Waals surface area contributed by atoms with Crippen LogP contribution in [0.5, 0.6) is 0 Å². The van der Waals surface area contributed by atoms with Crippen molar-refractivity contribution in [2.75, 3.05) is 38.3 Å². The average Bonchev–Trinajstić information content (AvgIpc) is 2.91. The fourth-order valence-corrected chi connectivity index (χ4v) is 2.41. The normalized spacial score (nSPS) is 12.4. The fourth-order valence-electron chi connectivity index (χ4n) is 1.44. The van der Waals surface area contributed by atoms with Crippen LogP contribution >= 0.6 is 23.1 Å². The van der Waals surface area contributed by atoms with Crippen LogP contribution in [0.4, 0.5) is 5.13 Å². The van der Waals surface area contributed by atoms with E-state index in [-0.39, 0.29) is 4.75 Å². The van der Waals surface area contributed by atoms with E-state index in [1.807, 2.05) is 30.8 Å². The van der Waals surface area contributed by atoms with E-state index in [1.54, 1.807) is 11.3 Å². The summed E-state index contributed by atoms with van der Waals surface area (Å²) < 4.78 is 0.189. The Morgan fingerprint density at radius 1 is 1.43 bits per heavy atom. The molecule has 0 aliphatic carbocycles. The van der Waals surface area contributed by atoms with Gasteiger partial charge >= 0.3 is 0 Å². The first-order valence-corrected chi connectivity index (χ1v) is 9.17. The Hall–Kier alpha value is -0.950. The van der Waals surface area contributed by atoms with E-state index in [4.69, 9.17) is 0 Å². The van der Waals surface area contributed by atoms with Gasteiger partial charge in [0.2, 0.25) is 0 Å². The highest BCUT2D eigenvalue weighted by Gasteiger charge is 2.16. The first kappa shape index (κ1) is 18.1. The molecule has 0 amide bonds. The van der Waals surface area contributed by atoms with Crippen LogP contribution < -0.4 is 15.5 Å². The lowest BCUT2D eigenvalue weighted by molar-refractivity contribution is 0.664. The van der Waals surface area contributed by atoms with Crippen molar-refractivity contribution >= 4 is 34.2 Å². The molecule has 7 heteroatoms. The Labute approximate surface area is 136 Å². The monoisotopic (exact) mass is 329 g/mol. The smallest absolute Gasteiger partial charge is 0.191 e. The van der Waals surface area contributed by atoms with Crippen molar-refractivity contribution in [2.45, 2.75) is 32.1 Å². The molecule has 2 N–H and O–H groups in total. The highest BCUT2D eigenvalue weighted by atomic mass is 32.2. The van der Waals surface area contributed by atoms with Gasteiger partial charge in [-0.25, -0.2) is 9.98 Å². The number of aromatic nitrogens is 1. The molecule has 0 spiro atoms. The molecule has 0 unspecified atom stereocenters. The molecule has 0 aromatic carbocycles. The Kier molecular flexibility index (Phi) is 7.31. The quantitative estimate of drug-likeness (QED) is 0.594. The van der Waals surface area contributed by atoms with Gasteiger partial charge in [0, 0.05) is 37.3 Å². The van der Waals surface area contributed by atoms with Crippen molar-refractivity contribution in [3.8, 4) is 0 Å². The molecule has 1 aromatic heterocycles. The summed E-state index contributed by atoms with van der Waals surface area (Å²) in [5, 5.41) is 9.75. The maximum absolute atomic E-state index is 4.60. The molecule has 0 aliphatic heterocycles. The molecule has 0 radical (unpaired) electrons. The highest BCUT2D eigenvalue weighted by Crippen LogP contribution is 2.20. The van der Waals surface area contributed by atoms with Crippen molar-refractivity contribution in [1.29, 1.82) is 0 Å². The number of thiazole rings is 1. The minimum Gasteiger partial charge on any atom is -0.357 e. The highest BCUT2D eigenvalue weighted by molar-refractivity contribution is 7.99. The van der Waals surface area contributed by atoms with Crippen molar-refractivity contribution in [3.05, 3.63) is 11.1 Å². The molecule has 1 heterocycles. The van der Waals surface area contributed by atoms with Gasteiger partial charge in [0.15, 0.2) is 11.1 Å². The second kappa shape index (κ2) is 8.48. The van der Waals surface area contributed by atoms with Gasteiger partial charge in [0.05, 0.1) is 12.2 Å². The van der Waals surface area contributed by atoms with E-state index >= 15 is 0 Å². The minimum absolute atomic E-state index is 0.189. The topological polar surface area (TPSA) is 52.6 Å². The van der Waals surface area contributed by atoms with Crippen LogP contribution in [0, 0.1) is 0 Å². The molecule has 0 atom stereocenters. The largest absolute Gasteiger partial charge is 0.357 e. The lowest BCUT2D eigenvalue weighted by Crippen LogP contribution is -2.43. The Balaban J connectivity index is 2.62. The van der Waals surface area contributed by atoms with Gasteiger partial charge in [0.25, 0.3) is 0 Å². The van der Waals surface area contributed by atoms with Gasteiger partial charge in [-0.15, -0.1) is 11.3 Å². The van der Waals surface area contributed by atoms with Gasteiger partial charge in [-0.1, -0.05) is 0 Å². The second-order valence-corrected chi connectivity index (χ2v) is 7.88. The van der Waals surface area contributed by atoms with E-state index in [0.717, 1.165) is 29.9 Å². The number of nitrogens with one attached hydrogen (secondary N) is 2. The van der Waals surface area contributed by atoms with E-state index in [0.29, 0.717) is 6.54 Å². The van der Waals surface area contributed by atoms with Crippen molar-refractivity contribution in [1.82, 2.24) is 15.6 Å². The first-order valence-electron chi connectivity index (χ1n) is 7.07. The number of nitrogens with zero attached hydrogens (tertiary/aromatic N) is 3. The third-order valence-corrected chi connectivity index (χ3v) is 5.21. The number of aliphatic imine (C=N–C) groups is 1. The van der Waals surface area contributed by atoms with Gasteiger partial charge in [0.1, 0.15) is 0 Å². The van der Waals surface area contributed by atoms with Crippen LogP contribution in [0.2, 0.25) is 0 Å². The van der Waals surface area contributed by atoms with E-state index < -0.39 is 0 Å². The molecular weight excluding hydrogens is 302 g/mol. The average molecular weight is 330 g/mol. The van der Waals surface area contributed by atoms with Gasteiger partial charge in [-0.2, -0.15) is 11.8 Å². The van der Waals surface area contributed by atoms with Crippen molar-refractivity contribution < 1.29 is 0 Å². The molecule has 0 aliphatic rings. The van der Waals surface area contributed by atoms with Crippen LogP contribution in [-0.4, -0.2) is 49.1 Å². The zero-order valence-corrected chi connectivity index (χ0v) is 15.5. The summed E-state index contributed by atoms with van der Waals surface area (Å²) in [7, 11) is 4.00. The van der Waals surface area contributed by atoms with Gasteiger partial charge in [-0.3, -0.25) is 0 Å². The van der Waals surface area contributed by atoms with E-state index in [2.05, 4.69) is 53.0 Å². The van der Waals surface area contributed by atoms with Crippen LogP contribution in [-0.2, 0) is 6.54 Å². The number of hydrogen-bond donors (Lipinski definition) is 2. The molecule has 0 fully saturated rings. The Morgan fingerprint density at radius 3 is 2.67 bits per heavy atom. The molecular formula is C14H27N5S2. The third kappa shape index (κ3) is 6.56. The van der Waals surface area contributed by atoms with Gasteiger partial charge in [-0.05, 0) is 27.0 Å². The third-order valence-electron chi connectivity index (χ3n) is 2.90. The molecule has 0 saturated carbocycles. The molecule has 1 aromatic rings. The van der Waals surface area contributed by atoms with E-state index in [9.17, 15) is 0 Å². The molecule has 1 rings (SSSR count). The maximum Gasteiger partial charge on any atom is 0.191 e. The molecule has 0 saturated heterocycles. The zero-order chi connectivity index (χ0) is 15.9. The summed E-state index contributed by atoms with van der Waals surface area (Å²) in [4.78, 5) is 11.2. The lowest BCUT2D eigenvalue weighted by Gasteiger charge is -2.23. The van der Waals surface area contributed by atoms with Crippen molar-refractivity contribution in [2.24, 2.45) is 4.99 Å². The number of hydrogen-bond acceptors (Lipinski definition) is 5. The summed E-state index contributed by atoms with van der Waals surface area (Å²) in [5.41, 5.74) is 1.00. The summed E-state index contributed by atoms with van der Waals surface area (Å²) in [6.07, 6.45) is 2.13. The van der Waals surface area contributed by atoms with Crippen LogP contribution in [0.1, 0.15) is 26.5 Å². The summed E-state index contributed by atoms with van der Waals surface area (Å²) >= 11 is 3.49. The second-order valence-electron chi connectivity index (χ2n) is 5.53.